The number of nitrogens with one attached hydrogen (secondary N) is 1. The van der Waals surface area contributed by atoms with Crippen molar-refractivity contribution in [2.45, 2.75) is 32.9 Å². The highest BCUT2D eigenvalue weighted by Gasteiger charge is 2.31. The van der Waals surface area contributed by atoms with Gasteiger partial charge in [-0.25, -0.2) is 0 Å². The summed E-state index contributed by atoms with van der Waals surface area (Å²) in [4.78, 5) is 8.82. The summed E-state index contributed by atoms with van der Waals surface area (Å²) in [6.45, 7) is 9.13. The Kier molecular flexibility index (Phi) is 4.59. The second-order valence-corrected chi connectivity index (χ2v) is 5.22. The summed E-state index contributed by atoms with van der Waals surface area (Å²) in [5.74, 6) is 1.65. The number of rotatable bonds is 2. The molecule has 0 radical (unpaired) electrons. The van der Waals surface area contributed by atoms with Crippen LogP contribution in [0, 0.1) is 5.92 Å². The van der Waals surface area contributed by atoms with Crippen molar-refractivity contribution in [2.75, 3.05) is 34.2 Å². The van der Waals surface area contributed by atoms with Crippen LogP contribution in [0.3, 0.4) is 0 Å². The van der Waals surface area contributed by atoms with E-state index in [0.29, 0.717) is 18.0 Å². The second kappa shape index (κ2) is 5.53. The molecule has 0 spiro atoms. The Hall–Kier alpha value is -0.770. The van der Waals surface area contributed by atoms with E-state index in [-0.39, 0.29) is 0 Å². The van der Waals surface area contributed by atoms with E-state index in [2.05, 4.69) is 36.0 Å². The van der Waals surface area contributed by atoms with Gasteiger partial charge in [-0.05, 0) is 19.8 Å². The van der Waals surface area contributed by atoms with Crippen LogP contribution in [0.4, 0.5) is 0 Å². The Balaban J connectivity index is 2.56. The van der Waals surface area contributed by atoms with Crippen molar-refractivity contribution in [3.63, 3.8) is 0 Å². The second-order valence-electron chi connectivity index (χ2n) is 5.22. The van der Waals surface area contributed by atoms with Crippen molar-refractivity contribution in [2.24, 2.45) is 10.9 Å². The third-order valence-electron chi connectivity index (χ3n) is 3.32. The Morgan fingerprint density at radius 3 is 2.38 bits per heavy atom. The highest BCUT2D eigenvalue weighted by molar-refractivity contribution is 5.79. The topological polar surface area (TPSA) is 30.9 Å². The van der Waals surface area contributed by atoms with Gasteiger partial charge in [0, 0.05) is 46.3 Å². The Morgan fingerprint density at radius 1 is 1.38 bits per heavy atom. The molecule has 0 aromatic carbocycles. The van der Waals surface area contributed by atoms with Crippen LogP contribution in [0.15, 0.2) is 4.99 Å². The van der Waals surface area contributed by atoms with E-state index in [1.165, 1.54) is 6.54 Å². The number of aliphatic imine (C=N–C) groups is 1. The Labute approximate surface area is 99.7 Å². The summed E-state index contributed by atoms with van der Waals surface area (Å²) in [6.07, 6.45) is 0. The lowest BCUT2D eigenvalue weighted by Gasteiger charge is -2.24. The minimum atomic E-state index is 0.517. The van der Waals surface area contributed by atoms with E-state index >= 15 is 0 Å². The molecule has 2 atom stereocenters. The van der Waals surface area contributed by atoms with Gasteiger partial charge in [0.1, 0.15) is 0 Å². The number of hydrogen-bond acceptors (Lipinski definition) is 2. The molecule has 0 aliphatic carbocycles. The maximum absolute atomic E-state index is 4.27. The number of nitrogens with zero attached hydrogens (tertiary/aromatic N) is 3. The molecule has 0 amide bonds. The van der Waals surface area contributed by atoms with Crippen LogP contribution in [-0.2, 0) is 0 Å². The Bertz CT molecular complexity index is 247. The summed E-state index contributed by atoms with van der Waals surface area (Å²) in [5, 5.41) is 3.53. The highest BCUT2D eigenvalue weighted by Crippen LogP contribution is 2.18. The summed E-state index contributed by atoms with van der Waals surface area (Å²) < 4.78 is 0. The van der Waals surface area contributed by atoms with E-state index in [4.69, 9.17) is 0 Å². The third kappa shape index (κ3) is 3.11. The van der Waals surface area contributed by atoms with E-state index in [1.807, 2.05) is 26.0 Å². The molecule has 1 N–H and O–H groups in total. The normalized spacial score (nSPS) is 27.6. The number of likely N-dealkylation sites (tertiary alicyclic amines) is 1. The predicted octanol–water partition coefficient (Wildman–Crippen LogP) is 0.852. The average Bonchev–Trinajstić information content (AvgIpc) is 2.56. The molecule has 16 heavy (non-hydrogen) atoms. The summed E-state index contributed by atoms with van der Waals surface area (Å²) in [5.41, 5.74) is 0. The van der Waals surface area contributed by atoms with Gasteiger partial charge in [0.15, 0.2) is 5.96 Å². The minimum absolute atomic E-state index is 0.517. The zero-order valence-electron chi connectivity index (χ0n) is 11.5. The maximum atomic E-state index is 4.27. The molecule has 1 aliphatic heterocycles. The molecule has 1 rings (SSSR count). The maximum Gasteiger partial charge on any atom is 0.193 e. The lowest BCUT2D eigenvalue weighted by Crippen LogP contribution is -2.46. The lowest BCUT2D eigenvalue weighted by atomic mass is 10.1. The van der Waals surface area contributed by atoms with Crippen molar-refractivity contribution in [1.82, 2.24) is 15.1 Å². The average molecular weight is 226 g/mol. The molecule has 2 unspecified atom stereocenters. The predicted molar refractivity (Wildman–Crippen MR) is 69.8 cm³/mol. The van der Waals surface area contributed by atoms with Crippen molar-refractivity contribution in [1.29, 1.82) is 0 Å². The van der Waals surface area contributed by atoms with Crippen LogP contribution >= 0.6 is 0 Å². The lowest BCUT2D eigenvalue weighted by molar-refractivity contribution is 0.265. The van der Waals surface area contributed by atoms with Crippen LogP contribution in [-0.4, -0.2) is 62.1 Å². The molecule has 1 saturated heterocycles. The molecule has 4 nitrogen and oxygen atoms in total. The molecule has 1 fully saturated rings. The van der Waals surface area contributed by atoms with Gasteiger partial charge in [-0.1, -0.05) is 6.92 Å². The monoisotopic (exact) mass is 226 g/mol. The number of hydrogen-bond donors (Lipinski definition) is 1. The summed E-state index contributed by atoms with van der Waals surface area (Å²) in [6, 6.07) is 1.15. The van der Waals surface area contributed by atoms with Crippen LogP contribution in [0.5, 0.6) is 0 Å². The van der Waals surface area contributed by atoms with Crippen molar-refractivity contribution in [3.05, 3.63) is 0 Å². The molecule has 0 aromatic heterocycles. The van der Waals surface area contributed by atoms with Gasteiger partial charge in [-0.3, -0.25) is 9.89 Å². The molecule has 1 heterocycles. The minimum Gasteiger partial charge on any atom is -0.352 e. The fourth-order valence-corrected chi connectivity index (χ4v) is 2.17. The molecule has 1 aliphatic rings. The molecule has 4 heteroatoms. The fourth-order valence-electron chi connectivity index (χ4n) is 2.17. The number of guanidine groups is 1. The largest absolute Gasteiger partial charge is 0.352 e. The summed E-state index contributed by atoms with van der Waals surface area (Å²) >= 11 is 0. The van der Waals surface area contributed by atoms with Gasteiger partial charge in [-0.15, -0.1) is 0 Å². The van der Waals surface area contributed by atoms with Crippen LogP contribution in [0.2, 0.25) is 0 Å². The fraction of sp³-hybridized carbons (Fsp3) is 0.917. The molecular weight excluding hydrogens is 200 g/mol. The first-order valence-electron chi connectivity index (χ1n) is 6.10. The van der Waals surface area contributed by atoms with E-state index in [1.54, 1.807) is 0 Å². The standard InChI is InChI=1S/C12H26N4/c1-9(2)16-7-10(3)11(8-16)14-12(13-4)15(5)6/h9-11H,7-8H2,1-6H3,(H,13,14). The van der Waals surface area contributed by atoms with Gasteiger partial charge in [-0.2, -0.15) is 0 Å². The zero-order chi connectivity index (χ0) is 12.3. The van der Waals surface area contributed by atoms with Crippen LogP contribution in [0.25, 0.3) is 0 Å². The zero-order valence-corrected chi connectivity index (χ0v) is 11.5. The molecule has 94 valence electrons. The smallest absolute Gasteiger partial charge is 0.193 e. The third-order valence-corrected chi connectivity index (χ3v) is 3.32. The molecule has 0 aromatic rings. The van der Waals surface area contributed by atoms with E-state index in [0.717, 1.165) is 12.5 Å². The molecule has 0 bridgehead atoms. The van der Waals surface area contributed by atoms with E-state index < -0.39 is 0 Å². The van der Waals surface area contributed by atoms with Crippen LogP contribution < -0.4 is 5.32 Å². The van der Waals surface area contributed by atoms with Crippen molar-refractivity contribution < 1.29 is 0 Å². The van der Waals surface area contributed by atoms with Gasteiger partial charge in [0.2, 0.25) is 0 Å². The van der Waals surface area contributed by atoms with Crippen LogP contribution in [0.1, 0.15) is 20.8 Å². The highest BCUT2D eigenvalue weighted by atomic mass is 15.3. The Morgan fingerprint density at radius 2 is 2.00 bits per heavy atom. The first kappa shape index (κ1) is 13.3. The summed E-state index contributed by atoms with van der Waals surface area (Å²) in [7, 11) is 5.88. The van der Waals surface area contributed by atoms with Gasteiger partial charge >= 0.3 is 0 Å². The molecular formula is C12H26N4. The first-order chi connectivity index (χ1) is 7.45. The van der Waals surface area contributed by atoms with E-state index in [9.17, 15) is 0 Å². The van der Waals surface area contributed by atoms with Gasteiger partial charge in [0.25, 0.3) is 0 Å². The molecule has 0 saturated carbocycles. The van der Waals surface area contributed by atoms with Crippen molar-refractivity contribution >= 4 is 5.96 Å². The first-order valence-corrected chi connectivity index (χ1v) is 6.10. The van der Waals surface area contributed by atoms with Crippen molar-refractivity contribution in [3.8, 4) is 0 Å². The van der Waals surface area contributed by atoms with Gasteiger partial charge in [0.05, 0.1) is 0 Å². The van der Waals surface area contributed by atoms with Gasteiger partial charge < -0.3 is 10.2 Å². The quantitative estimate of drug-likeness (QED) is 0.559. The SMILES string of the molecule is CN=C(NC1CN(C(C)C)CC1C)N(C)C.